The van der Waals surface area contributed by atoms with Gasteiger partial charge in [-0.15, -0.1) is 10.2 Å². The molecule has 8 nitrogen and oxygen atoms in total. The Hall–Kier alpha value is -2.88. The van der Waals surface area contributed by atoms with Gasteiger partial charge in [-0.05, 0) is 72.1 Å². The van der Waals surface area contributed by atoms with Crippen molar-refractivity contribution in [3.8, 4) is 11.5 Å². The maximum atomic E-state index is 13.2. The van der Waals surface area contributed by atoms with Crippen molar-refractivity contribution in [3.05, 3.63) is 70.0 Å². The summed E-state index contributed by atoms with van der Waals surface area (Å²) in [6.45, 7) is 7.78. The summed E-state index contributed by atoms with van der Waals surface area (Å²) in [5, 5.41) is 14.3. The Morgan fingerprint density at radius 2 is 1.82 bits per heavy atom. The summed E-state index contributed by atoms with van der Waals surface area (Å²) in [6.07, 6.45) is 0. The van der Waals surface area contributed by atoms with E-state index in [-0.39, 0.29) is 17.6 Å². The lowest BCUT2D eigenvalue weighted by atomic mass is 10.2. The van der Waals surface area contributed by atoms with Crippen molar-refractivity contribution >= 4 is 29.1 Å². The van der Waals surface area contributed by atoms with Gasteiger partial charge in [0.25, 0.3) is 0 Å². The smallest absolute Gasteiger partial charge is 0.196 e. The summed E-state index contributed by atoms with van der Waals surface area (Å²) in [5.41, 5.74) is 3.31. The molecule has 0 fully saturated rings. The monoisotopic (exact) mass is 498 g/mol. The van der Waals surface area contributed by atoms with E-state index in [1.807, 2.05) is 80.4 Å². The van der Waals surface area contributed by atoms with Crippen LogP contribution in [0.3, 0.4) is 0 Å². The first kappa shape index (κ1) is 24.3. The Balaban J connectivity index is 1.62. The molecular formula is C24H27ClN6O2S. The molecule has 10 heteroatoms. The number of hydrogen-bond acceptors (Lipinski definition) is 7. The number of rotatable bonds is 8. The molecule has 0 aliphatic rings. The fraction of sp³-hybridized carbons (Fsp3) is 0.333. The Kier molecular flexibility index (Phi) is 6.97. The standard InChI is InChI=1S/C24H27ClN6O2S/c1-14-11-20(16(3)30(14)22-12-15(2)33-28-22)21(32)13-34-24-27-26-23(17(4)29(5)6)31(24)19-9-7-18(25)8-10-19/h7-12,17H,13H2,1-6H3/t17-/m1/s1. The fourth-order valence-corrected chi connectivity index (χ4v) is 4.74. The summed E-state index contributed by atoms with van der Waals surface area (Å²) in [4.78, 5) is 15.3. The van der Waals surface area contributed by atoms with Crippen molar-refractivity contribution in [1.29, 1.82) is 0 Å². The molecule has 178 valence electrons. The largest absolute Gasteiger partial charge is 0.360 e. The lowest BCUT2D eigenvalue weighted by molar-refractivity contribution is 0.102. The molecule has 0 N–H and O–H groups in total. The zero-order chi connectivity index (χ0) is 24.6. The molecular weight excluding hydrogens is 472 g/mol. The first-order valence-corrected chi connectivity index (χ1v) is 12.2. The van der Waals surface area contributed by atoms with Gasteiger partial charge in [-0.2, -0.15) is 0 Å². The van der Waals surface area contributed by atoms with Gasteiger partial charge in [0.1, 0.15) is 5.76 Å². The number of Topliss-reactive ketones (excluding diaryl/α,β-unsaturated/α-hetero) is 1. The summed E-state index contributed by atoms with van der Waals surface area (Å²) < 4.78 is 9.13. The van der Waals surface area contributed by atoms with Crippen molar-refractivity contribution in [2.24, 2.45) is 0 Å². The molecule has 0 bridgehead atoms. The Morgan fingerprint density at radius 1 is 1.12 bits per heavy atom. The van der Waals surface area contributed by atoms with Crippen LogP contribution in [-0.2, 0) is 0 Å². The summed E-state index contributed by atoms with van der Waals surface area (Å²) in [7, 11) is 3.99. The molecule has 0 aliphatic carbocycles. The lowest BCUT2D eigenvalue weighted by Crippen LogP contribution is -2.20. The van der Waals surface area contributed by atoms with Crippen molar-refractivity contribution in [1.82, 2.24) is 29.4 Å². The van der Waals surface area contributed by atoms with Crippen molar-refractivity contribution in [3.63, 3.8) is 0 Å². The van der Waals surface area contributed by atoms with Crippen LogP contribution in [0.25, 0.3) is 11.5 Å². The van der Waals surface area contributed by atoms with Crippen LogP contribution in [-0.4, -0.2) is 55.0 Å². The van der Waals surface area contributed by atoms with Gasteiger partial charge in [-0.3, -0.25) is 18.8 Å². The molecule has 3 aromatic heterocycles. The van der Waals surface area contributed by atoms with Gasteiger partial charge in [-0.1, -0.05) is 28.5 Å². The van der Waals surface area contributed by atoms with Gasteiger partial charge in [0.15, 0.2) is 22.6 Å². The van der Waals surface area contributed by atoms with Gasteiger partial charge >= 0.3 is 0 Å². The average Bonchev–Trinajstić information content (AvgIpc) is 3.49. The molecule has 3 heterocycles. The maximum Gasteiger partial charge on any atom is 0.196 e. The van der Waals surface area contributed by atoms with Crippen LogP contribution in [0.2, 0.25) is 5.02 Å². The highest BCUT2D eigenvalue weighted by Gasteiger charge is 2.23. The van der Waals surface area contributed by atoms with E-state index in [0.29, 0.717) is 21.6 Å². The van der Waals surface area contributed by atoms with E-state index in [9.17, 15) is 4.79 Å². The molecule has 0 saturated carbocycles. The second kappa shape index (κ2) is 9.77. The van der Waals surface area contributed by atoms with Gasteiger partial charge in [0, 0.05) is 33.7 Å². The van der Waals surface area contributed by atoms with Crippen LogP contribution in [0.5, 0.6) is 0 Å². The van der Waals surface area contributed by atoms with E-state index >= 15 is 0 Å². The number of thioether (sulfide) groups is 1. The third kappa shape index (κ3) is 4.68. The molecule has 4 aromatic rings. The Labute approximate surface area is 207 Å². The third-order valence-corrected chi connectivity index (χ3v) is 6.98. The van der Waals surface area contributed by atoms with Gasteiger partial charge in [0.2, 0.25) is 0 Å². The molecule has 0 unspecified atom stereocenters. The normalized spacial score (nSPS) is 12.5. The number of carbonyl (C=O) groups is 1. The molecule has 0 aliphatic heterocycles. The summed E-state index contributed by atoms with van der Waals surface area (Å²) in [6, 6.07) is 11.3. The highest BCUT2D eigenvalue weighted by Crippen LogP contribution is 2.29. The van der Waals surface area contributed by atoms with Crippen molar-refractivity contribution in [2.75, 3.05) is 19.8 Å². The molecule has 1 aromatic carbocycles. The minimum atomic E-state index is 0.0115. The number of aromatic nitrogens is 5. The second-order valence-electron chi connectivity index (χ2n) is 8.42. The van der Waals surface area contributed by atoms with Crippen LogP contribution < -0.4 is 0 Å². The number of hydrogen-bond donors (Lipinski definition) is 0. The zero-order valence-electron chi connectivity index (χ0n) is 20.0. The molecule has 4 rings (SSSR count). The minimum absolute atomic E-state index is 0.0115. The van der Waals surface area contributed by atoms with Gasteiger partial charge in [0.05, 0.1) is 11.8 Å². The number of benzene rings is 1. The van der Waals surface area contributed by atoms with Gasteiger partial charge < -0.3 is 4.52 Å². The second-order valence-corrected chi connectivity index (χ2v) is 9.80. The van der Waals surface area contributed by atoms with Crippen LogP contribution in [0, 0.1) is 20.8 Å². The minimum Gasteiger partial charge on any atom is -0.360 e. The molecule has 34 heavy (non-hydrogen) atoms. The van der Waals surface area contributed by atoms with E-state index in [4.69, 9.17) is 16.1 Å². The molecule has 1 atom stereocenters. The quantitative estimate of drug-likeness (QED) is 0.243. The van der Waals surface area contributed by atoms with E-state index < -0.39 is 0 Å². The van der Waals surface area contributed by atoms with Crippen molar-refractivity contribution < 1.29 is 9.32 Å². The first-order chi connectivity index (χ1) is 16.2. The van der Waals surface area contributed by atoms with Crippen LogP contribution in [0.4, 0.5) is 0 Å². The molecule has 0 saturated heterocycles. The van der Waals surface area contributed by atoms with Gasteiger partial charge in [-0.25, -0.2) is 0 Å². The molecule has 0 spiro atoms. The fourth-order valence-electron chi connectivity index (χ4n) is 3.77. The van der Waals surface area contributed by atoms with E-state index in [0.717, 1.165) is 28.7 Å². The predicted molar refractivity (Wildman–Crippen MR) is 134 cm³/mol. The number of halogens is 1. The zero-order valence-corrected chi connectivity index (χ0v) is 21.6. The SMILES string of the molecule is Cc1cc(-n2c(C)cc(C(=O)CSc3nnc([C@@H](C)N(C)C)n3-c3ccc(Cl)cc3)c2C)no1. The Morgan fingerprint density at radius 3 is 2.44 bits per heavy atom. The van der Waals surface area contributed by atoms with E-state index in [2.05, 4.69) is 27.2 Å². The number of carbonyl (C=O) groups excluding carboxylic acids is 1. The van der Waals surface area contributed by atoms with Crippen LogP contribution in [0.1, 0.15) is 46.3 Å². The van der Waals surface area contributed by atoms with E-state index in [1.165, 1.54) is 11.8 Å². The highest BCUT2D eigenvalue weighted by molar-refractivity contribution is 7.99. The lowest BCUT2D eigenvalue weighted by Gasteiger charge is -2.20. The van der Waals surface area contributed by atoms with Crippen LogP contribution >= 0.6 is 23.4 Å². The molecule has 0 amide bonds. The number of ketones is 1. The number of aryl methyl sites for hydroxylation is 2. The summed E-state index contributed by atoms with van der Waals surface area (Å²) in [5.74, 6) is 2.42. The average molecular weight is 499 g/mol. The van der Waals surface area contributed by atoms with Crippen LogP contribution in [0.15, 0.2) is 46.1 Å². The number of nitrogens with zero attached hydrogens (tertiary/aromatic N) is 6. The molecule has 0 radical (unpaired) electrons. The van der Waals surface area contributed by atoms with Crippen molar-refractivity contribution in [2.45, 2.75) is 38.9 Å². The third-order valence-electron chi connectivity index (χ3n) is 5.80. The highest BCUT2D eigenvalue weighted by atomic mass is 35.5. The maximum absolute atomic E-state index is 13.2. The predicted octanol–water partition coefficient (Wildman–Crippen LogP) is 5.22. The van der Waals surface area contributed by atoms with E-state index in [1.54, 1.807) is 0 Å². The topological polar surface area (TPSA) is 82.0 Å². The Bertz CT molecular complexity index is 1320. The summed E-state index contributed by atoms with van der Waals surface area (Å²) >= 11 is 7.47. The first-order valence-electron chi connectivity index (χ1n) is 10.8.